The Kier molecular flexibility index (Phi) is 5.40. The normalized spacial score (nSPS) is 9.53. The molecule has 1 aromatic carbocycles. The molecular weight excluding hydrogens is 250 g/mol. The quantitative estimate of drug-likeness (QED) is 0.454. The first-order chi connectivity index (χ1) is 9.10. The fourth-order valence-corrected chi connectivity index (χ4v) is 1.35. The molecule has 0 saturated heterocycles. The third kappa shape index (κ3) is 4.02. The third-order valence-electron chi connectivity index (χ3n) is 2.24. The Labute approximate surface area is 109 Å². The lowest BCUT2D eigenvalue weighted by Gasteiger charge is -2.06. The van der Waals surface area contributed by atoms with E-state index in [0.717, 1.165) is 0 Å². The van der Waals surface area contributed by atoms with E-state index in [1.165, 1.54) is 12.1 Å². The molecule has 1 amide bonds. The number of nitrogens with one attached hydrogen (secondary N) is 1. The first-order valence-electron chi connectivity index (χ1n) is 5.62. The molecule has 0 bridgehead atoms. The summed E-state index contributed by atoms with van der Waals surface area (Å²) in [6, 6.07) is 6.14. The van der Waals surface area contributed by atoms with E-state index in [0.29, 0.717) is 6.29 Å². The number of carbonyl (C=O) groups is 4. The van der Waals surface area contributed by atoms with Crippen molar-refractivity contribution in [2.45, 2.75) is 6.92 Å². The number of ether oxygens (including phenoxy) is 1. The number of amides is 1. The van der Waals surface area contributed by atoms with E-state index in [1.807, 2.05) is 0 Å². The highest BCUT2D eigenvalue weighted by molar-refractivity contribution is 6.34. The minimum atomic E-state index is -0.994. The third-order valence-corrected chi connectivity index (χ3v) is 2.24. The Morgan fingerprint density at radius 2 is 1.95 bits per heavy atom. The number of aldehydes is 1. The average molecular weight is 263 g/mol. The van der Waals surface area contributed by atoms with Crippen LogP contribution in [0.4, 0.5) is 0 Å². The SMILES string of the molecule is CCOC(=O)C(=O)CNC(=O)c1ccccc1C=O. The van der Waals surface area contributed by atoms with Gasteiger partial charge in [0, 0.05) is 11.1 Å². The molecule has 0 aliphatic heterocycles. The molecule has 0 saturated carbocycles. The van der Waals surface area contributed by atoms with E-state index >= 15 is 0 Å². The Balaban J connectivity index is 2.63. The van der Waals surface area contributed by atoms with Gasteiger partial charge in [0.15, 0.2) is 6.29 Å². The van der Waals surface area contributed by atoms with Gasteiger partial charge in [-0.05, 0) is 13.0 Å². The largest absolute Gasteiger partial charge is 0.460 e. The summed E-state index contributed by atoms with van der Waals surface area (Å²) in [6.45, 7) is 1.20. The van der Waals surface area contributed by atoms with Crippen molar-refractivity contribution in [2.24, 2.45) is 0 Å². The number of ketones is 1. The highest BCUT2D eigenvalue weighted by Gasteiger charge is 2.17. The smallest absolute Gasteiger partial charge is 0.376 e. The number of hydrogen-bond donors (Lipinski definition) is 1. The van der Waals surface area contributed by atoms with Gasteiger partial charge in [-0.25, -0.2) is 4.79 Å². The minimum absolute atomic E-state index is 0.0898. The molecule has 1 rings (SSSR count). The van der Waals surface area contributed by atoms with Crippen LogP contribution in [0.3, 0.4) is 0 Å². The van der Waals surface area contributed by atoms with Crippen LogP contribution in [0.5, 0.6) is 0 Å². The van der Waals surface area contributed by atoms with Crippen molar-refractivity contribution in [1.82, 2.24) is 5.32 Å². The summed E-state index contributed by atoms with van der Waals surface area (Å²) in [6.07, 6.45) is 0.544. The maximum Gasteiger partial charge on any atom is 0.376 e. The molecule has 100 valence electrons. The molecule has 6 heteroatoms. The molecule has 1 aromatic rings. The number of benzene rings is 1. The van der Waals surface area contributed by atoms with Gasteiger partial charge in [-0.1, -0.05) is 18.2 Å². The number of carbonyl (C=O) groups excluding carboxylic acids is 4. The van der Waals surface area contributed by atoms with E-state index in [4.69, 9.17) is 0 Å². The highest BCUT2D eigenvalue weighted by atomic mass is 16.5. The molecule has 0 atom stereocenters. The van der Waals surface area contributed by atoms with Crippen LogP contribution >= 0.6 is 0 Å². The second kappa shape index (κ2) is 7.05. The molecule has 0 aromatic heterocycles. The molecule has 0 fully saturated rings. The summed E-state index contributed by atoms with van der Waals surface area (Å²) in [7, 11) is 0. The minimum Gasteiger partial charge on any atom is -0.460 e. The van der Waals surface area contributed by atoms with Crippen molar-refractivity contribution in [3.63, 3.8) is 0 Å². The molecule has 0 unspecified atom stereocenters. The van der Waals surface area contributed by atoms with E-state index in [2.05, 4.69) is 10.1 Å². The number of rotatable bonds is 6. The maximum absolute atomic E-state index is 11.7. The van der Waals surface area contributed by atoms with Gasteiger partial charge in [0.05, 0.1) is 13.2 Å². The maximum atomic E-state index is 11.7. The van der Waals surface area contributed by atoms with Crippen molar-refractivity contribution < 1.29 is 23.9 Å². The van der Waals surface area contributed by atoms with Crippen LogP contribution in [0.15, 0.2) is 24.3 Å². The van der Waals surface area contributed by atoms with Crippen molar-refractivity contribution in [3.05, 3.63) is 35.4 Å². The fourth-order valence-electron chi connectivity index (χ4n) is 1.35. The molecule has 6 nitrogen and oxygen atoms in total. The van der Waals surface area contributed by atoms with Gasteiger partial charge in [0.25, 0.3) is 11.7 Å². The van der Waals surface area contributed by atoms with Crippen molar-refractivity contribution in [2.75, 3.05) is 13.2 Å². The summed E-state index contributed by atoms with van der Waals surface area (Å²) in [4.78, 5) is 44.8. The van der Waals surface area contributed by atoms with Crippen LogP contribution in [0.25, 0.3) is 0 Å². The summed E-state index contributed by atoms with van der Waals surface area (Å²) in [5.74, 6) is -2.44. The lowest BCUT2D eigenvalue weighted by molar-refractivity contribution is -0.153. The molecule has 0 aliphatic rings. The second-order valence-corrected chi connectivity index (χ2v) is 3.53. The van der Waals surface area contributed by atoms with Crippen LogP contribution in [0, 0.1) is 0 Å². The first-order valence-corrected chi connectivity index (χ1v) is 5.62. The Morgan fingerprint density at radius 3 is 2.58 bits per heavy atom. The topological polar surface area (TPSA) is 89.5 Å². The lowest BCUT2D eigenvalue weighted by Crippen LogP contribution is -2.34. The summed E-state index contributed by atoms with van der Waals surface area (Å²) >= 11 is 0. The summed E-state index contributed by atoms with van der Waals surface area (Å²) in [5, 5.41) is 2.26. The van der Waals surface area contributed by atoms with Gasteiger partial charge >= 0.3 is 5.97 Å². The zero-order valence-corrected chi connectivity index (χ0v) is 10.3. The van der Waals surface area contributed by atoms with Crippen LogP contribution in [-0.2, 0) is 14.3 Å². The molecule has 19 heavy (non-hydrogen) atoms. The van der Waals surface area contributed by atoms with Crippen molar-refractivity contribution in [3.8, 4) is 0 Å². The van der Waals surface area contributed by atoms with Crippen LogP contribution < -0.4 is 5.32 Å². The Hall–Kier alpha value is -2.50. The van der Waals surface area contributed by atoms with Crippen LogP contribution in [-0.4, -0.2) is 37.1 Å². The first kappa shape index (κ1) is 14.6. The van der Waals surface area contributed by atoms with E-state index < -0.39 is 24.2 Å². The van der Waals surface area contributed by atoms with E-state index in [1.54, 1.807) is 19.1 Å². The molecular formula is C13H13NO5. The second-order valence-electron chi connectivity index (χ2n) is 3.53. The molecule has 0 aliphatic carbocycles. The number of Topliss-reactive ketones (excluding diaryl/α,β-unsaturated/α-hetero) is 1. The predicted molar refractivity (Wildman–Crippen MR) is 65.8 cm³/mol. The fraction of sp³-hybridized carbons (Fsp3) is 0.231. The molecule has 0 heterocycles. The zero-order valence-electron chi connectivity index (χ0n) is 10.3. The average Bonchev–Trinajstić information content (AvgIpc) is 2.44. The van der Waals surface area contributed by atoms with Crippen molar-refractivity contribution >= 4 is 23.9 Å². The highest BCUT2D eigenvalue weighted by Crippen LogP contribution is 2.05. The van der Waals surface area contributed by atoms with Gasteiger partial charge in [-0.15, -0.1) is 0 Å². The number of hydrogen-bond acceptors (Lipinski definition) is 5. The standard InChI is InChI=1S/C13H13NO5/c1-2-19-13(18)11(16)7-14-12(17)10-6-4-3-5-9(10)8-15/h3-6,8H,2,7H2,1H3,(H,14,17). The van der Waals surface area contributed by atoms with Gasteiger partial charge in [-0.2, -0.15) is 0 Å². The Morgan fingerprint density at radius 1 is 1.26 bits per heavy atom. The summed E-state index contributed by atoms with van der Waals surface area (Å²) < 4.78 is 4.49. The zero-order chi connectivity index (χ0) is 14.3. The van der Waals surface area contributed by atoms with Gasteiger partial charge in [0.2, 0.25) is 0 Å². The van der Waals surface area contributed by atoms with Crippen LogP contribution in [0.2, 0.25) is 0 Å². The summed E-state index contributed by atoms with van der Waals surface area (Å²) in [5.41, 5.74) is 0.359. The van der Waals surface area contributed by atoms with E-state index in [-0.39, 0.29) is 17.7 Å². The van der Waals surface area contributed by atoms with Crippen LogP contribution in [0.1, 0.15) is 27.6 Å². The predicted octanol–water partition coefficient (Wildman–Crippen LogP) is 0.361. The van der Waals surface area contributed by atoms with Gasteiger partial charge in [0.1, 0.15) is 0 Å². The van der Waals surface area contributed by atoms with E-state index in [9.17, 15) is 19.2 Å². The van der Waals surface area contributed by atoms with Gasteiger partial charge < -0.3 is 10.1 Å². The van der Waals surface area contributed by atoms with Crippen molar-refractivity contribution in [1.29, 1.82) is 0 Å². The molecule has 0 spiro atoms. The molecule has 1 N–H and O–H groups in total. The number of esters is 1. The monoisotopic (exact) mass is 263 g/mol. The molecule has 0 radical (unpaired) electrons. The Bertz CT molecular complexity index is 510. The van der Waals surface area contributed by atoms with Gasteiger partial charge in [-0.3, -0.25) is 14.4 Å². The lowest BCUT2D eigenvalue weighted by atomic mass is 10.1.